The second-order valence-corrected chi connectivity index (χ2v) is 8.25. The molecule has 0 atom stereocenters. The van der Waals surface area contributed by atoms with E-state index in [2.05, 4.69) is 44.1 Å². The van der Waals surface area contributed by atoms with Crippen molar-refractivity contribution in [3.8, 4) is 11.5 Å². The Balaban J connectivity index is 2.41. The molecule has 0 aromatic heterocycles. The van der Waals surface area contributed by atoms with Crippen LogP contribution in [0.5, 0.6) is 11.5 Å². The van der Waals surface area contributed by atoms with Gasteiger partial charge in [-0.3, -0.25) is 0 Å². The molecule has 0 aliphatic heterocycles. The van der Waals surface area contributed by atoms with Crippen LogP contribution in [0, 0.1) is 0 Å². The number of rotatable bonds is 9. The molecular weight excluding hydrogens is 454 g/mol. The number of benzene rings is 1. The van der Waals surface area contributed by atoms with Crippen LogP contribution in [0.2, 0.25) is 0 Å². The maximum absolute atomic E-state index is 11.5. The standard InChI is InChI=1S/C18H27Br2NO4/c1-5-6-9-23-15-12-16(14(20)11-13(15)19)24-10-7-8-21-17(22)25-18(2,3)4/h11-12H,5-10H2,1-4H3,(H,21,22). The van der Waals surface area contributed by atoms with Gasteiger partial charge in [0.2, 0.25) is 0 Å². The van der Waals surface area contributed by atoms with Crippen molar-refractivity contribution in [1.82, 2.24) is 5.32 Å². The third kappa shape index (κ3) is 9.35. The zero-order valence-corrected chi connectivity index (χ0v) is 18.5. The Bertz CT molecular complexity index is 559. The molecule has 1 amide bonds. The number of carbonyl (C=O) groups is 1. The molecule has 0 spiro atoms. The highest BCUT2D eigenvalue weighted by molar-refractivity contribution is 9.11. The fraction of sp³-hybridized carbons (Fsp3) is 0.611. The van der Waals surface area contributed by atoms with Crippen molar-refractivity contribution < 1.29 is 19.0 Å². The maximum atomic E-state index is 11.5. The Hall–Kier alpha value is -0.950. The van der Waals surface area contributed by atoms with E-state index in [-0.39, 0.29) is 0 Å². The van der Waals surface area contributed by atoms with Gasteiger partial charge in [-0.1, -0.05) is 13.3 Å². The molecule has 1 aromatic rings. The van der Waals surface area contributed by atoms with Gasteiger partial charge in [-0.05, 0) is 71.5 Å². The lowest BCUT2D eigenvalue weighted by Crippen LogP contribution is -2.33. The second-order valence-electron chi connectivity index (χ2n) is 6.55. The highest BCUT2D eigenvalue weighted by Gasteiger charge is 2.15. The van der Waals surface area contributed by atoms with Crippen LogP contribution in [-0.2, 0) is 4.74 Å². The second kappa shape index (κ2) is 10.9. The molecule has 142 valence electrons. The van der Waals surface area contributed by atoms with Crippen LogP contribution in [0.1, 0.15) is 47.0 Å². The van der Waals surface area contributed by atoms with Gasteiger partial charge in [-0.25, -0.2) is 4.79 Å². The number of carbonyl (C=O) groups excluding carboxylic acids is 1. The molecular formula is C18H27Br2NO4. The maximum Gasteiger partial charge on any atom is 0.407 e. The van der Waals surface area contributed by atoms with Gasteiger partial charge >= 0.3 is 6.09 Å². The van der Waals surface area contributed by atoms with E-state index in [0.717, 1.165) is 27.5 Å². The van der Waals surface area contributed by atoms with E-state index in [1.807, 2.05) is 32.9 Å². The van der Waals surface area contributed by atoms with Crippen molar-refractivity contribution in [3.05, 3.63) is 21.1 Å². The summed E-state index contributed by atoms with van der Waals surface area (Å²) in [6, 6.07) is 3.78. The van der Waals surface area contributed by atoms with Gasteiger partial charge in [0.25, 0.3) is 0 Å². The number of halogens is 2. The molecule has 0 saturated carbocycles. The van der Waals surface area contributed by atoms with Gasteiger partial charge < -0.3 is 19.5 Å². The van der Waals surface area contributed by atoms with Gasteiger partial charge in [0.1, 0.15) is 17.1 Å². The molecule has 1 aromatic carbocycles. The smallest absolute Gasteiger partial charge is 0.407 e. The van der Waals surface area contributed by atoms with Gasteiger partial charge in [-0.2, -0.15) is 0 Å². The van der Waals surface area contributed by atoms with Crippen molar-refractivity contribution >= 4 is 38.0 Å². The Morgan fingerprint density at radius 2 is 1.60 bits per heavy atom. The van der Waals surface area contributed by atoms with E-state index < -0.39 is 11.7 Å². The van der Waals surface area contributed by atoms with E-state index in [4.69, 9.17) is 14.2 Å². The summed E-state index contributed by atoms with van der Waals surface area (Å²) in [6.45, 7) is 9.27. The summed E-state index contributed by atoms with van der Waals surface area (Å²) in [7, 11) is 0. The third-order valence-electron chi connectivity index (χ3n) is 2.99. The van der Waals surface area contributed by atoms with Crippen LogP contribution in [0.25, 0.3) is 0 Å². The highest BCUT2D eigenvalue weighted by atomic mass is 79.9. The van der Waals surface area contributed by atoms with Crippen molar-refractivity contribution in [2.24, 2.45) is 0 Å². The van der Waals surface area contributed by atoms with Gasteiger partial charge in [-0.15, -0.1) is 0 Å². The average Bonchev–Trinajstić information content (AvgIpc) is 2.49. The first-order valence-corrected chi connectivity index (χ1v) is 10.0. The molecule has 1 N–H and O–H groups in total. The summed E-state index contributed by atoms with van der Waals surface area (Å²) in [6.07, 6.45) is 2.36. The lowest BCUT2D eigenvalue weighted by Gasteiger charge is -2.19. The van der Waals surface area contributed by atoms with Gasteiger partial charge in [0.15, 0.2) is 0 Å². The minimum absolute atomic E-state index is 0.413. The summed E-state index contributed by atoms with van der Waals surface area (Å²) in [5.74, 6) is 1.48. The monoisotopic (exact) mass is 479 g/mol. The Morgan fingerprint density at radius 1 is 1.04 bits per heavy atom. The number of hydrogen-bond acceptors (Lipinski definition) is 4. The van der Waals surface area contributed by atoms with E-state index in [1.54, 1.807) is 0 Å². The summed E-state index contributed by atoms with van der Waals surface area (Å²) >= 11 is 6.98. The Labute approximate surface area is 167 Å². The van der Waals surface area contributed by atoms with E-state index in [9.17, 15) is 4.79 Å². The average molecular weight is 481 g/mol. The Morgan fingerprint density at radius 3 is 2.12 bits per heavy atom. The molecule has 25 heavy (non-hydrogen) atoms. The van der Waals surface area contributed by atoms with Crippen molar-refractivity contribution in [3.63, 3.8) is 0 Å². The number of hydrogen-bond donors (Lipinski definition) is 1. The molecule has 0 fully saturated rings. The fourth-order valence-corrected chi connectivity index (χ4v) is 3.04. The molecule has 0 radical (unpaired) electrons. The summed E-state index contributed by atoms with van der Waals surface area (Å²) in [4.78, 5) is 11.5. The molecule has 0 unspecified atom stereocenters. The quantitative estimate of drug-likeness (QED) is 0.461. The predicted octanol–water partition coefficient (Wildman–Crippen LogP) is 5.68. The number of amides is 1. The summed E-state index contributed by atoms with van der Waals surface area (Å²) in [5.41, 5.74) is -0.489. The van der Waals surface area contributed by atoms with Crippen LogP contribution in [0.4, 0.5) is 4.79 Å². The highest BCUT2D eigenvalue weighted by Crippen LogP contribution is 2.36. The van der Waals surface area contributed by atoms with Crippen molar-refractivity contribution in [2.75, 3.05) is 19.8 Å². The minimum Gasteiger partial charge on any atom is -0.492 e. The van der Waals surface area contributed by atoms with Crippen LogP contribution >= 0.6 is 31.9 Å². The lowest BCUT2D eigenvalue weighted by molar-refractivity contribution is 0.0525. The first kappa shape index (κ1) is 22.1. The van der Waals surface area contributed by atoms with Crippen LogP contribution in [-0.4, -0.2) is 31.5 Å². The zero-order valence-electron chi connectivity index (χ0n) is 15.3. The first-order chi connectivity index (χ1) is 11.7. The zero-order chi connectivity index (χ0) is 18.9. The van der Waals surface area contributed by atoms with Crippen LogP contribution < -0.4 is 14.8 Å². The third-order valence-corrected chi connectivity index (χ3v) is 4.23. The molecule has 0 bridgehead atoms. The Kier molecular flexibility index (Phi) is 9.64. The normalized spacial score (nSPS) is 11.1. The SMILES string of the molecule is CCCCOc1cc(OCCCNC(=O)OC(C)(C)C)c(Br)cc1Br. The summed E-state index contributed by atoms with van der Waals surface area (Å²) < 4.78 is 18.4. The fourth-order valence-electron chi connectivity index (χ4n) is 1.82. The number of ether oxygens (including phenoxy) is 3. The molecule has 0 aliphatic rings. The number of alkyl carbamates (subject to hydrolysis) is 1. The molecule has 0 aliphatic carbocycles. The van der Waals surface area contributed by atoms with Gasteiger partial charge in [0.05, 0.1) is 22.2 Å². The van der Waals surface area contributed by atoms with Crippen LogP contribution in [0.3, 0.4) is 0 Å². The molecule has 1 rings (SSSR count). The predicted molar refractivity (Wildman–Crippen MR) is 107 cm³/mol. The molecule has 7 heteroatoms. The van der Waals surface area contributed by atoms with Crippen LogP contribution in [0.15, 0.2) is 21.1 Å². The first-order valence-electron chi connectivity index (χ1n) is 8.44. The molecule has 0 saturated heterocycles. The topological polar surface area (TPSA) is 56.8 Å². The number of nitrogens with one attached hydrogen (secondary N) is 1. The largest absolute Gasteiger partial charge is 0.492 e. The van der Waals surface area contributed by atoms with Crippen molar-refractivity contribution in [1.29, 1.82) is 0 Å². The lowest BCUT2D eigenvalue weighted by atomic mass is 10.2. The number of unbranched alkanes of at least 4 members (excludes halogenated alkanes) is 1. The molecule has 5 nitrogen and oxygen atoms in total. The van der Waals surface area contributed by atoms with E-state index >= 15 is 0 Å². The minimum atomic E-state index is -0.489. The summed E-state index contributed by atoms with van der Waals surface area (Å²) in [5, 5.41) is 2.71. The van der Waals surface area contributed by atoms with E-state index in [0.29, 0.717) is 31.9 Å². The van der Waals surface area contributed by atoms with Crippen molar-refractivity contribution in [2.45, 2.75) is 52.6 Å². The molecule has 0 heterocycles. The van der Waals surface area contributed by atoms with Gasteiger partial charge in [0, 0.05) is 12.6 Å². The van der Waals surface area contributed by atoms with E-state index in [1.165, 1.54) is 0 Å².